The fourth-order valence-corrected chi connectivity index (χ4v) is 3.37. The number of aromatic nitrogens is 2. The Balaban J connectivity index is 1.67. The Morgan fingerprint density at radius 2 is 2.08 bits per heavy atom. The van der Waals surface area contributed by atoms with Crippen molar-refractivity contribution in [3.05, 3.63) is 54.0 Å². The normalized spacial score (nSPS) is 17.4. The zero-order valence-corrected chi connectivity index (χ0v) is 15.1. The number of likely N-dealkylation sites (tertiary alicyclic amines) is 1. The quantitative estimate of drug-likeness (QED) is 0.840. The lowest BCUT2D eigenvalue weighted by molar-refractivity contribution is 0.0595. The van der Waals surface area contributed by atoms with Gasteiger partial charge in [0.1, 0.15) is 11.5 Å². The second kappa shape index (κ2) is 8.10. The highest BCUT2D eigenvalue weighted by Gasteiger charge is 2.27. The predicted molar refractivity (Wildman–Crippen MR) is 99.8 cm³/mol. The van der Waals surface area contributed by atoms with Crippen molar-refractivity contribution >= 4 is 11.7 Å². The molecule has 0 radical (unpaired) electrons. The van der Waals surface area contributed by atoms with E-state index in [4.69, 9.17) is 4.98 Å². The van der Waals surface area contributed by atoms with Crippen LogP contribution in [0.4, 0.5) is 5.82 Å². The first-order valence-electron chi connectivity index (χ1n) is 9.00. The van der Waals surface area contributed by atoms with Gasteiger partial charge < -0.3 is 9.80 Å². The van der Waals surface area contributed by atoms with Crippen LogP contribution in [0.3, 0.4) is 0 Å². The number of piperidine rings is 1. The van der Waals surface area contributed by atoms with Gasteiger partial charge in [0, 0.05) is 38.6 Å². The molecule has 25 heavy (non-hydrogen) atoms. The molecule has 0 aromatic carbocycles. The van der Waals surface area contributed by atoms with Gasteiger partial charge in [0.05, 0.1) is 0 Å². The molecule has 1 fully saturated rings. The van der Waals surface area contributed by atoms with E-state index in [1.165, 1.54) is 6.42 Å². The first-order valence-corrected chi connectivity index (χ1v) is 9.00. The Morgan fingerprint density at radius 1 is 1.20 bits per heavy atom. The number of carbonyl (C=O) groups is 1. The predicted octanol–water partition coefficient (Wildman–Crippen LogP) is 3.17. The summed E-state index contributed by atoms with van der Waals surface area (Å²) in [6, 6.07) is 11.9. The monoisotopic (exact) mass is 338 g/mol. The van der Waals surface area contributed by atoms with Crippen LogP contribution in [0.2, 0.25) is 0 Å². The van der Waals surface area contributed by atoms with E-state index in [9.17, 15) is 4.79 Å². The number of aryl methyl sites for hydroxylation is 1. The minimum atomic E-state index is 0.0558. The summed E-state index contributed by atoms with van der Waals surface area (Å²) >= 11 is 0. The van der Waals surface area contributed by atoms with Crippen LogP contribution in [0.5, 0.6) is 0 Å². The van der Waals surface area contributed by atoms with Crippen molar-refractivity contribution in [2.24, 2.45) is 0 Å². The summed E-state index contributed by atoms with van der Waals surface area (Å²) < 4.78 is 0. The van der Waals surface area contributed by atoms with E-state index >= 15 is 0 Å². The van der Waals surface area contributed by atoms with E-state index in [1.54, 1.807) is 12.3 Å². The van der Waals surface area contributed by atoms with Gasteiger partial charge in [-0.1, -0.05) is 12.1 Å². The average molecular weight is 338 g/mol. The maximum absolute atomic E-state index is 12.8. The molecule has 0 aliphatic carbocycles. The number of carbonyl (C=O) groups excluding carboxylic acids is 1. The molecule has 132 valence electrons. The van der Waals surface area contributed by atoms with Gasteiger partial charge in [-0.15, -0.1) is 0 Å². The summed E-state index contributed by atoms with van der Waals surface area (Å²) in [6.07, 6.45) is 6.83. The zero-order valence-electron chi connectivity index (χ0n) is 15.1. The van der Waals surface area contributed by atoms with E-state index in [0.717, 1.165) is 43.7 Å². The molecule has 5 nitrogen and oxygen atoms in total. The Labute approximate surface area is 149 Å². The molecule has 0 N–H and O–H groups in total. The lowest BCUT2D eigenvalue weighted by Crippen LogP contribution is -2.44. The van der Waals surface area contributed by atoms with Crippen molar-refractivity contribution in [1.29, 1.82) is 0 Å². The highest BCUT2D eigenvalue weighted by Crippen LogP contribution is 2.23. The summed E-state index contributed by atoms with van der Waals surface area (Å²) in [4.78, 5) is 25.8. The summed E-state index contributed by atoms with van der Waals surface area (Å²) in [6.45, 7) is 0.825. The minimum Gasteiger partial charge on any atom is -0.363 e. The molecule has 1 aliphatic heterocycles. The average Bonchev–Trinajstić information content (AvgIpc) is 2.67. The first kappa shape index (κ1) is 17.4. The third-order valence-corrected chi connectivity index (χ3v) is 4.76. The van der Waals surface area contributed by atoms with Crippen LogP contribution in [-0.4, -0.2) is 47.5 Å². The number of amides is 1. The van der Waals surface area contributed by atoms with Crippen molar-refractivity contribution in [1.82, 2.24) is 14.9 Å². The van der Waals surface area contributed by atoms with Crippen LogP contribution in [0.1, 0.15) is 41.9 Å². The smallest absolute Gasteiger partial charge is 0.272 e. The third-order valence-electron chi connectivity index (χ3n) is 4.76. The van der Waals surface area contributed by atoms with Crippen molar-refractivity contribution in [3.63, 3.8) is 0 Å². The molecule has 1 amide bonds. The van der Waals surface area contributed by atoms with Gasteiger partial charge in [-0.3, -0.25) is 9.78 Å². The maximum atomic E-state index is 12.8. The molecule has 0 saturated carbocycles. The molecule has 2 aromatic heterocycles. The number of nitrogens with zero attached hydrogens (tertiary/aromatic N) is 4. The van der Waals surface area contributed by atoms with Crippen molar-refractivity contribution in [3.8, 4) is 0 Å². The van der Waals surface area contributed by atoms with Crippen molar-refractivity contribution in [2.45, 2.75) is 38.1 Å². The van der Waals surface area contributed by atoms with Crippen LogP contribution in [0.25, 0.3) is 0 Å². The molecule has 0 unspecified atom stereocenters. The lowest BCUT2D eigenvalue weighted by atomic mass is 9.96. The van der Waals surface area contributed by atoms with Crippen LogP contribution < -0.4 is 4.90 Å². The van der Waals surface area contributed by atoms with E-state index < -0.39 is 0 Å². The van der Waals surface area contributed by atoms with E-state index in [1.807, 2.05) is 42.1 Å². The molecule has 0 bridgehead atoms. The topological polar surface area (TPSA) is 49.3 Å². The second-order valence-electron chi connectivity index (χ2n) is 6.78. The molecule has 3 heterocycles. The Morgan fingerprint density at radius 3 is 2.84 bits per heavy atom. The van der Waals surface area contributed by atoms with Gasteiger partial charge in [-0.05, 0) is 56.4 Å². The molecule has 1 aliphatic rings. The number of anilines is 1. The second-order valence-corrected chi connectivity index (χ2v) is 6.78. The fourth-order valence-electron chi connectivity index (χ4n) is 3.37. The first-order chi connectivity index (χ1) is 12.1. The Bertz CT molecular complexity index is 702. The molecular weight excluding hydrogens is 312 g/mol. The van der Waals surface area contributed by atoms with E-state index in [0.29, 0.717) is 5.69 Å². The summed E-state index contributed by atoms with van der Waals surface area (Å²) in [5.74, 6) is 1.03. The minimum absolute atomic E-state index is 0.0558. The van der Waals surface area contributed by atoms with Gasteiger partial charge in [0.15, 0.2) is 0 Å². The van der Waals surface area contributed by atoms with Gasteiger partial charge in [-0.25, -0.2) is 4.98 Å². The van der Waals surface area contributed by atoms with Gasteiger partial charge in [0.2, 0.25) is 0 Å². The standard InChI is InChI=1S/C20H26N4O/c1-23(2)19-11-7-8-16(22-19)12-13-17-9-4-6-15-24(17)20(25)18-10-3-5-14-21-18/h3,5,7-8,10-11,14,17H,4,6,9,12-13,15H2,1-2H3/t17-/m1/s1. The number of hydrogen-bond donors (Lipinski definition) is 0. The van der Waals surface area contributed by atoms with Crippen molar-refractivity contribution in [2.75, 3.05) is 25.5 Å². The van der Waals surface area contributed by atoms with Gasteiger partial charge in [0.25, 0.3) is 5.91 Å². The van der Waals surface area contributed by atoms with Crippen LogP contribution in [-0.2, 0) is 6.42 Å². The molecular formula is C20H26N4O. The summed E-state index contributed by atoms with van der Waals surface area (Å²) in [5, 5.41) is 0. The number of hydrogen-bond acceptors (Lipinski definition) is 4. The van der Waals surface area contributed by atoms with E-state index in [-0.39, 0.29) is 11.9 Å². The van der Waals surface area contributed by atoms with Crippen LogP contribution in [0, 0.1) is 0 Å². The molecule has 2 aromatic rings. The van der Waals surface area contributed by atoms with Gasteiger partial charge in [-0.2, -0.15) is 0 Å². The van der Waals surface area contributed by atoms with Crippen molar-refractivity contribution < 1.29 is 4.79 Å². The van der Waals surface area contributed by atoms with Crippen LogP contribution >= 0.6 is 0 Å². The number of pyridine rings is 2. The SMILES string of the molecule is CN(C)c1cccc(CC[C@H]2CCCCN2C(=O)c2ccccn2)n1. The largest absolute Gasteiger partial charge is 0.363 e. The summed E-state index contributed by atoms with van der Waals surface area (Å²) in [7, 11) is 4.00. The molecule has 5 heteroatoms. The highest BCUT2D eigenvalue weighted by molar-refractivity contribution is 5.92. The highest BCUT2D eigenvalue weighted by atomic mass is 16.2. The summed E-state index contributed by atoms with van der Waals surface area (Å²) in [5.41, 5.74) is 1.63. The molecule has 3 rings (SSSR count). The number of rotatable bonds is 5. The fraction of sp³-hybridized carbons (Fsp3) is 0.450. The Hall–Kier alpha value is -2.43. The maximum Gasteiger partial charge on any atom is 0.272 e. The van der Waals surface area contributed by atoms with Gasteiger partial charge >= 0.3 is 0 Å². The lowest BCUT2D eigenvalue weighted by Gasteiger charge is -2.35. The van der Waals surface area contributed by atoms with E-state index in [2.05, 4.69) is 17.1 Å². The third kappa shape index (κ3) is 4.35. The van der Waals surface area contributed by atoms with Crippen LogP contribution in [0.15, 0.2) is 42.6 Å². The molecule has 0 spiro atoms. The zero-order chi connectivity index (χ0) is 17.6. The molecule has 1 saturated heterocycles. The molecule has 1 atom stereocenters. The Kier molecular flexibility index (Phi) is 5.64.